The average molecular weight is 310 g/mol. The molecule has 0 unspecified atom stereocenters. The first-order valence-electron chi connectivity index (χ1n) is 7.77. The number of aromatic nitrogens is 1. The Balaban J connectivity index is 2.07. The van der Waals surface area contributed by atoms with Crippen molar-refractivity contribution in [3.05, 3.63) is 66.4 Å². The predicted octanol–water partition coefficient (Wildman–Crippen LogP) is 2.82. The maximum atomic E-state index is 10.7. The minimum atomic E-state index is -0.538. The second-order valence-electron chi connectivity index (χ2n) is 5.62. The van der Waals surface area contributed by atoms with Gasteiger partial charge in [-0.05, 0) is 42.3 Å². The summed E-state index contributed by atoms with van der Waals surface area (Å²) in [5.41, 5.74) is 2.17. The molecule has 4 heteroatoms. The van der Waals surface area contributed by atoms with Crippen molar-refractivity contribution >= 4 is 10.9 Å². The molecular formula is C19H22N2O2. The number of ether oxygens (including phenoxy) is 1. The number of nitrogens with zero attached hydrogens (tertiary/aromatic N) is 1. The van der Waals surface area contributed by atoms with Crippen molar-refractivity contribution in [1.29, 1.82) is 0 Å². The number of aliphatic hydroxyl groups is 1. The van der Waals surface area contributed by atoms with Crippen LogP contribution < -0.4 is 10.1 Å². The van der Waals surface area contributed by atoms with E-state index in [2.05, 4.69) is 28.1 Å². The van der Waals surface area contributed by atoms with Crippen LogP contribution in [0.2, 0.25) is 0 Å². The summed E-state index contributed by atoms with van der Waals surface area (Å²) in [5, 5.41) is 14.9. The van der Waals surface area contributed by atoms with Gasteiger partial charge in [-0.2, -0.15) is 0 Å². The van der Waals surface area contributed by atoms with Crippen LogP contribution >= 0.6 is 0 Å². The van der Waals surface area contributed by atoms with Crippen LogP contribution in [0.4, 0.5) is 0 Å². The fraction of sp³-hybridized carbons (Fsp3) is 0.263. The first-order valence-corrected chi connectivity index (χ1v) is 7.77. The molecule has 3 aromatic rings. The van der Waals surface area contributed by atoms with Gasteiger partial charge in [-0.15, -0.1) is 0 Å². The SMILES string of the molecule is CNC[C@@H](O)[C@H](c1ccc(OC)cc1)n1ccc2ccccc21. The smallest absolute Gasteiger partial charge is 0.118 e. The molecule has 2 atom stereocenters. The highest BCUT2D eigenvalue weighted by Crippen LogP contribution is 2.29. The summed E-state index contributed by atoms with van der Waals surface area (Å²) >= 11 is 0. The minimum absolute atomic E-state index is 0.159. The van der Waals surface area contributed by atoms with Crippen LogP contribution in [0.1, 0.15) is 11.6 Å². The lowest BCUT2D eigenvalue weighted by Gasteiger charge is -2.26. The Labute approximate surface area is 136 Å². The molecule has 0 saturated carbocycles. The summed E-state index contributed by atoms with van der Waals surface area (Å²) < 4.78 is 7.37. The highest BCUT2D eigenvalue weighted by molar-refractivity contribution is 5.80. The molecule has 0 saturated heterocycles. The fourth-order valence-electron chi connectivity index (χ4n) is 3.04. The van der Waals surface area contributed by atoms with Crippen LogP contribution in [0, 0.1) is 0 Å². The third-order valence-corrected chi connectivity index (χ3v) is 4.16. The van der Waals surface area contributed by atoms with Crippen molar-refractivity contribution in [1.82, 2.24) is 9.88 Å². The quantitative estimate of drug-likeness (QED) is 0.736. The molecule has 0 spiro atoms. The molecule has 0 bridgehead atoms. The van der Waals surface area contributed by atoms with Crippen LogP contribution in [-0.4, -0.2) is 36.5 Å². The zero-order valence-electron chi connectivity index (χ0n) is 13.4. The van der Waals surface area contributed by atoms with Gasteiger partial charge in [0.2, 0.25) is 0 Å². The van der Waals surface area contributed by atoms with E-state index < -0.39 is 6.10 Å². The molecule has 0 fully saturated rings. The molecule has 3 rings (SSSR count). The summed E-state index contributed by atoms with van der Waals surface area (Å²) in [6.45, 7) is 0.517. The van der Waals surface area contributed by atoms with Gasteiger partial charge in [0.1, 0.15) is 5.75 Å². The first kappa shape index (κ1) is 15.6. The molecule has 0 aliphatic heterocycles. The highest BCUT2D eigenvalue weighted by Gasteiger charge is 2.23. The van der Waals surface area contributed by atoms with Gasteiger partial charge in [0.15, 0.2) is 0 Å². The van der Waals surface area contributed by atoms with E-state index in [1.807, 2.05) is 49.6 Å². The number of rotatable bonds is 6. The summed E-state index contributed by atoms with van der Waals surface area (Å²) in [6.07, 6.45) is 1.50. The number of para-hydroxylation sites is 1. The third-order valence-electron chi connectivity index (χ3n) is 4.16. The molecule has 2 aromatic carbocycles. The zero-order valence-corrected chi connectivity index (χ0v) is 13.4. The molecule has 120 valence electrons. The summed E-state index contributed by atoms with van der Waals surface area (Å²) in [7, 11) is 3.50. The number of aliphatic hydroxyl groups excluding tert-OH is 1. The maximum absolute atomic E-state index is 10.7. The van der Waals surface area contributed by atoms with E-state index in [1.165, 1.54) is 5.39 Å². The van der Waals surface area contributed by atoms with Crippen molar-refractivity contribution in [2.24, 2.45) is 0 Å². The van der Waals surface area contributed by atoms with Gasteiger partial charge in [-0.3, -0.25) is 0 Å². The van der Waals surface area contributed by atoms with Gasteiger partial charge in [0, 0.05) is 18.3 Å². The Bertz CT molecular complexity index is 764. The predicted molar refractivity (Wildman–Crippen MR) is 93.0 cm³/mol. The third kappa shape index (κ3) is 3.09. The molecule has 0 radical (unpaired) electrons. The van der Waals surface area contributed by atoms with Crippen LogP contribution in [0.3, 0.4) is 0 Å². The lowest BCUT2D eigenvalue weighted by atomic mass is 10.0. The Kier molecular flexibility index (Phi) is 4.65. The monoisotopic (exact) mass is 310 g/mol. The number of fused-ring (bicyclic) bond motifs is 1. The van der Waals surface area contributed by atoms with E-state index in [4.69, 9.17) is 4.74 Å². The van der Waals surface area contributed by atoms with E-state index >= 15 is 0 Å². The topological polar surface area (TPSA) is 46.4 Å². The van der Waals surface area contributed by atoms with Crippen molar-refractivity contribution in [3.63, 3.8) is 0 Å². The largest absolute Gasteiger partial charge is 0.497 e. The molecule has 4 nitrogen and oxygen atoms in total. The molecule has 2 N–H and O–H groups in total. The molecule has 0 amide bonds. The van der Waals surface area contributed by atoms with Crippen molar-refractivity contribution in [3.8, 4) is 5.75 Å². The number of benzene rings is 2. The Hall–Kier alpha value is -2.30. The molecule has 1 aromatic heterocycles. The maximum Gasteiger partial charge on any atom is 0.118 e. The minimum Gasteiger partial charge on any atom is -0.497 e. The van der Waals surface area contributed by atoms with E-state index in [-0.39, 0.29) is 6.04 Å². The molecule has 0 aliphatic rings. The van der Waals surface area contributed by atoms with Crippen molar-refractivity contribution in [2.75, 3.05) is 20.7 Å². The van der Waals surface area contributed by atoms with E-state index in [9.17, 15) is 5.11 Å². The van der Waals surface area contributed by atoms with Gasteiger partial charge in [0.25, 0.3) is 0 Å². The van der Waals surface area contributed by atoms with Gasteiger partial charge in [-0.25, -0.2) is 0 Å². The summed E-state index contributed by atoms with van der Waals surface area (Å²) in [6, 6.07) is 18.0. The van der Waals surface area contributed by atoms with Gasteiger partial charge >= 0.3 is 0 Å². The van der Waals surface area contributed by atoms with Gasteiger partial charge in [0.05, 0.1) is 19.3 Å². The number of hydrogen-bond acceptors (Lipinski definition) is 3. The summed E-state index contributed by atoms with van der Waals surface area (Å²) in [5.74, 6) is 0.813. The Morgan fingerprint density at radius 3 is 2.52 bits per heavy atom. The fourth-order valence-corrected chi connectivity index (χ4v) is 3.04. The normalized spacial score (nSPS) is 13.9. The number of likely N-dealkylation sites (N-methyl/N-ethyl adjacent to an activating group) is 1. The second-order valence-corrected chi connectivity index (χ2v) is 5.62. The Morgan fingerprint density at radius 2 is 1.83 bits per heavy atom. The molecular weight excluding hydrogens is 288 g/mol. The van der Waals surface area contributed by atoms with Crippen LogP contribution in [0.25, 0.3) is 10.9 Å². The van der Waals surface area contributed by atoms with E-state index in [0.717, 1.165) is 16.8 Å². The van der Waals surface area contributed by atoms with Crippen LogP contribution in [-0.2, 0) is 0 Å². The number of nitrogens with one attached hydrogen (secondary N) is 1. The lowest BCUT2D eigenvalue weighted by Crippen LogP contribution is -2.33. The lowest BCUT2D eigenvalue weighted by molar-refractivity contribution is 0.132. The number of methoxy groups -OCH3 is 1. The molecule has 0 aliphatic carbocycles. The van der Waals surface area contributed by atoms with E-state index in [0.29, 0.717) is 6.54 Å². The van der Waals surface area contributed by atoms with Crippen molar-refractivity contribution in [2.45, 2.75) is 12.1 Å². The zero-order chi connectivity index (χ0) is 16.2. The van der Waals surface area contributed by atoms with Crippen molar-refractivity contribution < 1.29 is 9.84 Å². The summed E-state index contributed by atoms with van der Waals surface area (Å²) in [4.78, 5) is 0. The highest BCUT2D eigenvalue weighted by atomic mass is 16.5. The molecule has 23 heavy (non-hydrogen) atoms. The first-order chi connectivity index (χ1) is 11.2. The van der Waals surface area contributed by atoms with Crippen LogP contribution in [0.15, 0.2) is 60.8 Å². The average Bonchev–Trinajstić information content (AvgIpc) is 3.00. The van der Waals surface area contributed by atoms with Crippen LogP contribution in [0.5, 0.6) is 5.75 Å². The Morgan fingerprint density at radius 1 is 1.09 bits per heavy atom. The van der Waals surface area contributed by atoms with Gasteiger partial charge in [-0.1, -0.05) is 30.3 Å². The standard InChI is InChI=1S/C19H22N2O2/c1-20-13-18(22)19(15-7-9-16(23-2)10-8-15)21-12-11-14-5-3-4-6-17(14)21/h3-12,18-20,22H,13H2,1-2H3/t18-,19+/m1/s1. The second kappa shape index (κ2) is 6.86. The molecule has 1 heterocycles. The van der Waals surface area contributed by atoms with E-state index in [1.54, 1.807) is 7.11 Å². The van der Waals surface area contributed by atoms with Gasteiger partial charge < -0.3 is 19.7 Å². The number of hydrogen-bond donors (Lipinski definition) is 2.